The predicted molar refractivity (Wildman–Crippen MR) is 47.7 cm³/mol. The summed E-state index contributed by atoms with van der Waals surface area (Å²) in [6, 6.07) is -0.345. The summed E-state index contributed by atoms with van der Waals surface area (Å²) >= 11 is 0. The van der Waals surface area contributed by atoms with Gasteiger partial charge in [-0.3, -0.25) is 4.79 Å². The van der Waals surface area contributed by atoms with Crippen molar-refractivity contribution in [3.05, 3.63) is 0 Å². The van der Waals surface area contributed by atoms with Crippen molar-refractivity contribution < 1.29 is 13.2 Å². The lowest BCUT2D eigenvalue weighted by Gasteiger charge is -2.30. The Bertz CT molecular complexity index is 324. The van der Waals surface area contributed by atoms with E-state index in [4.69, 9.17) is 10.7 Å². The Morgan fingerprint density at radius 3 is 2.08 bits per heavy atom. The van der Waals surface area contributed by atoms with Crippen molar-refractivity contribution >= 4 is 25.7 Å². The molecule has 0 saturated carbocycles. The zero-order chi connectivity index (χ0) is 9.64. The van der Waals surface area contributed by atoms with Crippen LogP contribution in [0.5, 0.6) is 0 Å². The van der Waals surface area contributed by atoms with E-state index in [-0.39, 0.29) is 17.9 Å². The van der Waals surface area contributed by atoms with Gasteiger partial charge in [0, 0.05) is 35.6 Å². The van der Waals surface area contributed by atoms with Crippen LogP contribution < -0.4 is 0 Å². The summed E-state index contributed by atoms with van der Waals surface area (Å²) in [6.45, 7) is 0. The van der Waals surface area contributed by atoms with Crippen LogP contribution in [0.1, 0.15) is 25.7 Å². The van der Waals surface area contributed by atoms with Gasteiger partial charge >= 0.3 is 0 Å². The topological polar surface area (TPSA) is 54.5 Å². The van der Waals surface area contributed by atoms with E-state index >= 15 is 0 Å². The highest BCUT2D eigenvalue weighted by molar-refractivity contribution is 8.11. The first-order valence-corrected chi connectivity index (χ1v) is 6.50. The van der Waals surface area contributed by atoms with Crippen molar-refractivity contribution in [2.75, 3.05) is 0 Å². The van der Waals surface area contributed by atoms with E-state index in [1.165, 1.54) is 4.31 Å². The number of carbonyl (C=O) groups excluding carboxylic acids is 1. The summed E-state index contributed by atoms with van der Waals surface area (Å²) in [5.41, 5.74) is 0. The highest BCUT2D eigenvalue weighted by Gasteiger charge is 2.45. The van der Waals surface area contributed by atoms with Crippen LogP contribution in [0.3, 0.4) is 0 Å². The van der Waals surface area contributed by atoms with Crippen molar-refractivity contribution in [1.29, 1.82) is 0 Å². The van der Waals surface area contributed by atoms with E-state index in [0.717, 1.165) is 12.8 Å². The molecule has 0 spiro atoms. The molecule has 0 aromatic heterocycles. The molecule has 2 rings (SSSR count). The van der Waals surface area contributed by atoms with Crippen molar-refractivity contribution in [2.24, 2.45) is 0 Å². The Balaban J connectivity index is 2.30. The molecular weight excluding hydrogens is 214 g/mol. The number of nitrogens with zero attached hydrogens (tertiary/aromatic N) is 1. The third kappa shape index (κ3) is 1.60. The highest BCUT2D eigenvalue weighted by Crippen LogP contribution is 2.37. The van der Waals surface area contributed by atoms with E-state index in [2.05, 4.69) is 0 Å². The summed E-state index contributed by atoms with van der Waals surface area (Å²) in [5, 5.41) is 0. The minimum Gasteiger partial charge on any atom is -0.300 e. The van der Waals surface area contributed by atoms with Gasteiger partial charge in [0.1, 0.15) is 5.78 Å². The second kappa shape index (κ2) is 2.93. The number of Topliss-reactive ketones (excluding diaryl/α,β-unsaturated/α-hetero) is 1. The number of halogens is 1. The Morgan fingerprint density at radius 2 is 1.69 bits per heavy atom. The third-order valence-electron chi connectivity index (χ3n) is 2.73. The van der Waals surface area contributed by atoms with Crippen LogP contribution in [0.2, 0.25) is 0 Å². The Labute approximate surface area is 81.4 Å². The maximum absolute atomic E-state index is 11.1. The minimum atomic E-state index is -3.63. The lowest BCUT2D eigenvalue weighted by Crippen LogP contribution is -2.44. The van der Waals surface area contributed by atoms with Crippen molar-refractivity contribution in [1.82, 2.24) is 4.31 Å². The van der Waals surface area contributed by atoms with E-state index in [1.54, 1.807) is 0 Å². The molecule has 2 saturated heterocycles. The molecule has 0 aromatic rings. The Kier molecular flexibility index (Phi) is 2.13. The molecule has 2 unspecified atom stereocenters. The van der Waals surface area contributed by atoms with Gasteiger partial charge in [0.2, 0.25) is 0 Å². The first-order valence-electron chi connectivity index (χ1n) is 4.23. The number of ketones is 1. The van der Waals surface area contributed by atoms with E-state index in [9.17, 15) is 13.2 Å². The van der Waals surface area contributed by atoms with Gasteiger partial charge in [-0.1, -0.05) is 0 Å². The fourth-order valence-electron chi connectivity index (χ4n) is 2.29. The summed E-state index contributed by atoms with van der Waals surface area (Å²) < 4.78 is 23.6. The number of hydrogen-bond acceptors (Lipinski definition) is 3. The molecule has 0 radical (unpaired) electrons. The number of piperidine rings is 1. The monoisotopic (exact) mass is 223 g/mol. The normalized spacial score (nSPS) is 35.3. The molecule has 4 nitrogen and oxygen atoms in total. The zero-order valence-electron chi connectivity index (χ0n) is 6.94. The highest BCUT2D eigenvalue weighted by atomic mass is 35.7. The minimum absolute atomic E-state index is 0.157. The van der Waals surface area contributed by atoms with E-state index in [0.29, 0.717) is 12.8 Å². The predicted octanol–water partition coefficient (Wildman–Crippen LogP) is 0.666. The average molecular weight is 224 g/mol. The standard InChI is InChI=1S/C7H10ClNO3S/c8-13(11,12)9-5-1-2-6(9)4-7(10)3-5/h5-6H,1-4H2. The SMILES string of the molecule is O=C1CC2CCC(C1)N2S(=O)(=O)Cl. The Hall–Kier alpha value is -0.130. The maximum Gasteiger partial charge on any atom is 0.300 e. The molecule has 2 atom stereocenters. The second-order valence-corrected chi connectivity index (χ2v) is 6.02. The fraction of sp³-hybridized carbons (Fsp3) is 0.857. The molecule has 6 heteroatoms. The molecule has 0 aromatic carbocycles. The molecule has 2 bridgehead atoms. The van der Waals surface area contributed by atoms with Gasteiger partial charge in [0.05, 0.1) is 0 Å². The number of rotatable bonds is 1. The van der Waals surface area contributed by atoms with Crippen LogP contribution in [0.4, 0.5) is 0 Å². The van der Waals surface area contributed by atoms with Crippen LogP contribution in [0, 0.1) is 0 Å². The molecular formula is C7H10ClNO3S. The summed E-state index contributed by atoms with van der Waals surface area (Å²) in [4.78, 5) is 11.1. The van der Waals surface area contributed by atoms with Crippen LogP contribution in [-0.2, 0) is 14.0 Å². The van der Waals surface area contributed by atoms with Crippen LogP contribution in [-0.4, -0.2) is 30.6 Å². The lowest BCUT2D eigenvalue weighted by atomic mass is 10.0. The van der Waals surface area contributed by atoms with Gasteiger partial charge in [-0.2, -0.15) is 12.7 Å². The second-order valence-electron chi connectivity index (χ2n) is 3.60. The average Bonchev–Trinajstić information content (AvgIpc) is 2.23. The summed E-state index contributed by atoms with van der Waals surface area (Å²) in [7, 11) is 1.64. The molecule has 2 aliphatic rings. The number of carbonyl (C=O) groups is 1. The smallest absolute Gasteiger partial charge is 0.300 e. The van der Waals surface area contributed by atoms with Gasteiger partial charge in [-0.25, -0.2) is 0 Å². The van der Waals surface area contributed by atoms with Crippen LogP contribution in [0.25, 0.3) is 0 Å². The van der Waals surface area contributed by atoms with Gasteiger partial charge in [0.25, 0.3) is 9.24 Å². The zero-order valence-corrected chi connectivity index (χ0v) is 8.51. The molecule has 2 heterocycles. The molecule has 0 aliphatic carbocycles. The number of hydrogen-bond donors (Lipinski definition) is 0. The maximum atomic E-state index is 11.1. The lowest BCUT2D eigenvalue weighted by molar-refractivity contribution is -0.122. The molecule has 2 fully saturated rings. The third-order valence-corrected chi connectivity index (χ3v) is 4.31. The van der Waals surface area contributed by atoms with Crippen LogP contribution in [0.15, 0.2) is 0 Å². The molecule has 13 heavy (non-hydrogen) atoms. The van der Waals surface area contributed by atoms with E-state index < -0.39 is 9.24 Å². The first kappa shape index (κ1) is 9.43. The fourth-order valence-corrected chi connectivity index (χ4v) is 4.03. The molecule has 2 aliphatic heterocycles. The number of fused-ring (bicyclic) bond motifs is 2. The molecule has 0 N–H and O–H groups in total. The van der Waals surface area contributed by atoms with E-state index in [1.807, 2.05) is 0 Å². The largest absolute Gasteiger partial charge is 0.300 e. The first-order chi connectivity index (χ1) is 5.98. The van der Waals surface area contributed by atoms with Crippen LogP contribution >= 0.6 is 10.7 Å². The van der Waals surface area contributed by atoms with Gasteiger partial charge in [0.15, 0.2) is 0 Å². The van der Waals surface area contributed by atoms with Crippen molar-refractivity contribution in [2.45, 2.75) is 37.8 Å². The quantitative estimate of drug-likeness (QED) is 0.614. The molecule has 74 valence electrons. The van der Waals surface area contributed by atoms with Gasteiger partial charge in [-0.05, 0) is 12.8 Å². The summed E-state index contributed by atoms with van der Waals surface area (Å²) in [5.74, 6) is 0.157. The molecule has 0 amide bonds. The van der Waals surface area contributed by atoms with Crippen molar-refractivity contribution in [3.63, 3.8) is 0 Å². The van der Waals surface area contributed by atoms with Gasteiger partial charge in [-0.15, -0.1) is 0 Å². The Morgan fingerprint density at radius 1 is 1.23 bits per heavy atom. The van der Waals surface area contributed by atoms with Crippen molar-refractivity contribution in [3.8, 4) is 0 Å². The van der Waals surface area contributed by atoms with Gasteiger partial charge < -0.3 is 0 Å². The summed E-state index contributed by atoms with van der Waals surface area (Å²) in [6.07, 6.45) is 2.20.